The summed E-state index contributed by atoms with van der Waals surface area (Å²) in [5, 5.41) is 10.3. The second kappa shape index (κ2) is 7.60. The lowest BCUT2D eigenvalue weighted by Crippen LogP contribution is -2.31. The number of alkyl halides is 3. The lowest BCUT2D eigenvalue weighted by atomic mass is 9.86. The minimum absolute atomic E-state index is 0.0185. The Morgan fingerprint density at radius 2 is 1.68 bits per heavy atom. The van der Waals surface area contributed by atoms with Crippen molar-refractivity contribution in [1.29, 1.82) is 0 Å². The number of aliphatic carboxylic acids is 1. The number of fused-ring (bicyclic) bond motifs is 1. The van der Waals surface area contributed by atoms with Gasteiger partial charge in [0.25, 0.3) is 10.0 Å². The van der Waals surface area contributed by atoms with E-state index in [4.69, 9.17) is 0 Å². The molecule has 1 unspecified atom stereocenters. The second-order valence-electron chi connectivity index (χ2n) is 8.17. The van der Waals surface area contributed by atoms with Gasteiger partial charge in [-0.2, -0.15) is 13.2 Å². The van der Waals surface area contributed by atoms with E-state index in [0.29, 0.717) is 11.5 Å². The van der Waals surface area contributed by atoms with E-state index >= 15 is 0 Å². The van der Waals surface area contributed by atoms with Crippen LogP contribution in [0.5, 0.6) is 0 Å². The van der Waals surface area contributed by atoms with E-state index in [1.807, 2.05) is 0 Å². The number of rotatable bonds is 5. The molecule has 1 atom stereocenters. The van der Waals surface area contributed by atoms with Crippen LogP contribution in [0.1, 0.15) is 32.4 Å². The van der Waals surface area contributed by atoms with Gasteiger partial charge in [0, 0.05) is 11.6 Å². The number of carbonyl (C=O) groups is 1. The molecule has 31 heavy (non-hydrogen) atoms. The number of anilines is 1. The van der Waals surface area contributed by atoms with Crippen LogP contribution in [0.3, 0.4) is 0 Å². The topological polar surface area (TPSA) is 88.4 Å². The molecule has 2 N–H and O–H groups in total. The number of sulfonamides is 1. The Morgan fingerprint density at radius 3 is 2.26 bits per heavy atom. The summed E-state index contributed by atoms with van der Waals surface area (Å²) in [5.74, 6) is -1.12. The summed E-state index contributed by atoms with van der Waals surface area (Å²) in [5.41, 5.74) is -1.77. The molecule has 0 fully saturated rings. The fourth-order valence-electron chi connectivity index (χ4n) is 3.56. The van der Waals surface area contributed by atoms with Crippen molar-refractivity contribution < 1.29 is 31.5 Å². The van der Waals surface area contributed by atoms with Crippen LogP contribution in [0.25, 0.3) is 10.9 Å². The van der Waals surface area contributed by atoms with Gasteiger partial charge < -0.3 is 9.67 Å². The monoisotopic (exact) mass is 454 g/mol. The Hall–Kier alpha value is -3.01. The van der Waals surface area contributed by atoms with Crippen LogP contribution in [0.4, 0.5) is 18.9 Å². The number of nitrogens with one attached hydrogen (secondary N) is 1. The highest BCUT2D eigenvalue weighted by Gasteiger charge is 2.38. The minimum atomic E-state index is -4.86. The summed E-state index contributed by atoms with van der Waals surface area (Å²) < 4.78 is 69.5. The molecule has 0 spiro atoms. The fraction of sp³-hybridized carbons (Fsp3) is 0.286. The van der Waals surface area contributed by atoms with Gasteiger partial charge in [0.05, 0.1) is 21.7 Å². The first-order chi connectivity index (χ1) is 14.2. The van der Waals surface area contributed by atoms with E-state index in [-0.39, 0.29) is 11.2 Å². The molecule has 166 valence electrons. The van der Waals surface area contributed by atoms with Crippen molar-refractivity contribution in [1.82, 2.24) is 4.57 Å². The molecule has 1 aromatic heterocycles. The summed E-state index contributed by atoms with van der Waals surface area (Å²) in [6.45, 7) is 5.18. The summed E-state index contributed by atoms with van der Waals surface area (Å²) in [6.07, 6.45) is -3.34. The van der Waals surface area contributed by atoms with Gasteiger partial charge >= 0.3 is 12.1 Å². The fourth-order valence-corrected chi connectivity index (χ4v) is 4.85. The summed E-state index contributed by atoms with van der Waals surface area (Å²) in [4.78, 5) is 11.1. The van der Waals surface area contributed by atoms with Gasteiger partial charge in [-0.3, -0.25) is 4.72 Å². The van der Waals surface area contributed by atoms with E-state index in [0.717, 1.165) is 12.1 Å². The van der Waals surface area contributed by atoms with Crippen LogP contribution >= 0.6 is 0 Å². The first-order valence-corrected chi connectivity index (χ1v) is 10.7. The molecule has 0 aliphatic rings. The molecule has 0 bridgehead atoms. The molecule has 0 amide bonds. The lowest BCUT2D eigenvalue weighted by molar-refractivity contribution is -0.144. The van der Waals surface area contributed by atoms with E-state index in [9.17, 15) is 31.5 Å². The SMILES string of the molecule is CC(C)(C)C(C(=O)O)n1ccc2cccc(NS(=O)(=O)c3ccccc3C(F)(F)F)c21. The van der Waals surface area contributed by atoms with Gasteiger partial charge in [-0.1, -0.05) is 45.0 Å². The number of nitrogens with zero attached hydrogens (tertiary/aromatic N) is 1. The maximum Gasteiger partial charge on any atom is 0.417 e. The molecular formula is C21H21F3N2O4S. The van der Waals surface area contributed by atoms with Crippen molar-refractivity contribution >= 4 is 32.6 Å². The summed E-state index contributed by atoms with van der Waals surface area (Å²) in [7, 11) is -4.63. The van der Waals surface area contributed by atoms with E-state index in [1.165, 1.54) is 29.0 Å². The van der Waals surface area contributed by atoms with Crippen molar-refractivity contribution in [3.8, 4) is 0 Å². The summed E-state index contributed by atoms with van der Waals surface area (Å²) in [6, 6.07) is 9.03. The van der Waals surface area contributed by atoms with Gasteiger partial charge in [0.15, 0.2) is 0 Å². The zero-order valence-corrected chi connectivity index (χ0v) is 17.8. The standard InChI is InChI=1S/C21H21F3N2O4S/c1-20(2,3)18(19(27)28)26-12-11-13-7-6-9-15(17(13)26)25-31(29,30)16-10-5-4-8-14(16)21(22,23)24/h4-12,18,25H,1-3H3,(H,27,28). The molecule has 2 aromatic carbocycles. The Balaban J connectivity index is 2.18. The largest absolute Gasteiger partial charge is 0.480 e. The number of carboxylic acids is 1. The molecule has 0 aliphatic carbocycles. The Bertz CT molecular complexity index is 1240. The quantitative estimate of drug-likeness (QED) is 0.559. The maximum atomic E-state index is 13.3. The molecule has 3 rings (SSSR count). The van der Waals surface area contributed by atoms with E-state index in [1.54, 1.807) is 32.9 Å². The molecule has 10 heteroatoms. The normalized spacial score (nSPS) is 13.9. The molecule has 0 aliphatic heterocycles. The van der Waals surface area contributed by atoms with Crippen molar-refractivity contribution in [3.63, 3.8) is 0 Å². The maximum absolute atomic E-state index is 13.3. The average Bonchev–Trinajstić information content (AvgIpc) is 3.04. The molecule has 0 saturated carbocycles. The van der Waals surface area contributed by atoms with Crippen LogP contribution in [0.2, 0.25) is 0 Å². The van der Waals surface area contributed by atoms with E-state index < -0.39 is 44.1 Å². The molecule has 3 aromatic rings. The predicted octanol–water partition coefficient (Wildman–Crippen LogP) is 5.13. The van der Waals surface area contributed by atoms with Crippen LogP contribution in [-0.4, -0.2) is 24.1 Å². The van der Waals surface area contributed by atoms with Crippen molar-refractivity contribution in [3.05, 3.63) is 60.3 Å². The van der Waals surface area contributed by atoms with Crippen molar-refractivity contribution in [2.75, 3.05) is 4.72 Å². The number of benzene rings is 2. The summed E-state index contributed by atoms with van der Waals surface area (Å²) >= 11 is 0. The van der Waals surface area contributed by atoms with Crippen LogP contribution in [-0.2, 0) is 21.0 Å². The third-order valence-electron chi connectivity index (χ3n) is 4.80. The number of halogens is 3. The Kier molecular flexibility index (Phi) is 5.56. The lowest BCUT2D eigenvalue weighted by Gasteiger charge is -2.29. The number of aromatic nitrogens is 1. The highest BCUT2D eigenvalue weighted by atomic mass is 32.2. The Labute approximate surface area is 177 Å². The third kappa shape index (κ3) is 4.39. The highest BCUT2D eigenvalue weighted by Crippen LogP contribution is 2.38. The van der Waals surface area contributed by atoms with Crippen LogP contribution in [0.15, 0.2) is 59.6 Å². The van der Waals surface area contributed by atoms with Crippen molar-refractivity contribution in [2.24, 2.45) is 5.41 Å². The highest BCUT2D eigenvalue weighted by molar-refractivity contribution is 7.92. The van der Waals surface area contributed by atoms with Gasteiger partial charge in [0.2, 0.25) is 0 Å². The average molecular weight is 454 g/mol. The minimum Gasteiger partial charge on any atom is -0.480 e. The molecule has 0 saturated heterocycles. The van der Waals surface area contributed by atoms with Crippen molar-refractivity contribution in [2.45, 2.75) is 37.9 Å². The number of para-hydroxylation sites is 1. The molecule has 0 radical (unpaired) electrons. The predicted molar refractivity (Wildman–Crippen MR) is 110 cm³/mol. The van der Waals surface area contributed by atoms with Crippen LogP contribution < -0.4 is 4.72 Å². The molecule has 6 nitrogen and oxygen atoms in total. The second-order valence-corrected chi connectivity index (χ2v) is 9.82. The van der Waals surface area contributed by atoms with E-state index in [2.05, 4.69) is 4.72 Å². The number of carboxylic acid groups (broad SMARTS) is 1. The molecular weight excluding hydrogens is 433 g/mol. The first kappa shape index (κ1) is 22.7. The van der Waals surface area contributed by atoms with Gasteiger partial charge in [0.1, 0.15) is 6.04 Å². The zero-order chi connectivity index (χ0) is 23.2. The van der Waals surface area contributed by atoms with Gasteiger partial charge in [-0.25, -0.2) is 13.2 Å². The number of hydrogen-bond acceptors (Lipinski definition) is 3. The smallest absolute Gasteiger partial charge is 0.417 e. The molecule has 1 heterocycles. The van der Waals surface area contributed by atoms with Gasteiger partial charge in [-0.05, 0) is 29.7 Å². The third-order valence-corrected chi connectivity index (χ3v) is 6.22. The van der Waals surface area contributed by atoms with Crippen LogP contribution in [0, 0.1) is 5.41 Å². The first-order valence-electron chi connectivity index (χ1n) is 9.25. The number of hydrogen-bond donors (Lipinski definition) is 2. The van der Waals surface area contributed by atoms with Gasteiger partial charge in [-0.15, -0.1) is 0 Å². The zero-order valence-electron chi connectivity index (χ0n) is 16.9. The Morgan fingerprint density at radius 1 is 1.03 bits per heavy atom.